The second-order valence-electron chi connectivity index (χ2n) is 7.31. The molecule has 25 heavy (non-hydrogen) atoms. The van der Waals surface area contributed by atoms with Crippen LogP contribution in [0.25, 0.3) is 11.0 Å². The fourth-order valence-electron chi connectivity index (χ4n) is 3.01. The Hall–Kier alpha value is -2.34. The molecule has 3 rings (SSSR count). The van der Waals surface area contributed by atoms with E-state index >= 15 is 0 Å². The molecular formula is C19H22O6. The zero-order valence-electron chi connectivity index (χ0n) is 14.7. The van der Waals surface area contributed by atoms with Crippen LogP contribution in [0.15, 0.2) is 33.5 Å². The number of aliphatic hydroxyl groups is 1. The summed E-state index contributed by atoms with van der Waals surface area (Å²) in [5, 5.41) is 11.4. The summed E-state index contributed by atoms with van der Waals surface area (Å²) in [5.74, 6) is 0.139. The van der Waals surface area contributed by atoms with Crippen LogP contribution in [0.1, 0.15) is 45.8 Å². The summed E-state index contributed by atoms with van der Waals surface area (Å²) >= 11 is 0. The molecule has 2 heterocycles. The van der Waals surface area contributed by atoms with Crippen LogP contribution in [0.3, 0.4) is 0 Å². The summed E-state index contributed by atoms with van der Waals surface area (Å²) in [6, 6.07) is 6.44. The van der Waals surface area contributed by atoms with Crippen LogP contribution in [0.5, 0.6) is 5.75 Å². The fraction of sp³-hybridized carbons (Fsp3) is 0.474. The molecule has 2 atom stereocenters. The number of carbonyl (C=O) groups is 1. The number of benzene rings is 1. The zero-order chi connectivity index (χ0) is 18.4. The summed E-state index contributed by atoms with van der Waals surface area (Å²) in [6.45, 7) is 7.26. The number of fused-ring (bicyclic) bond motifs is 3. The number of aliphatic hydroxyl groups excluding tert-OH is 1. The van der Waals surface area contributed by atoms with Crippen molar-refractivity contribution in [1.82, 2.24) is 0 Å². The molecule has 1 aromatic carbocycles. The van der Waals surface area contributed by atoms with E-state index in [-0.39, 0.29) is 17.9 Å². The van der Waals surface area contributed by atoms with Gasteiger partial charge in [0.2, 0.25) is 0 Å². The van der Waals surface area contributed by atoms with Crippen LogP contribution in [0.2, 0.25) is 0 Å². The molecule has 134 valence electrons. The number of hydrogen-bond acceptors (Lipinski definition) is 6. The molecule has 1 aromatic heterocycles. The second kappa shape index (κ2) is 6.19. The van der Waals surface area contributed by atoms with E-state index in [1.165, 1.54) is 6.07 Å². The largest absolute Gasteiger partial charge is 0.484 e. The molecule has 0 saturated heterocycles. The van der Waals surface area contributed by atoms with Crippen molar-refractivity contribution in [3.05, 3.63) is 40.2 Å². The van der Waals surface area contributed by atoms with Crippen molar-refractivity contribution in [2.75, 3.05) is 0 Å². The van der Waals surface area contributed by atoms with Crippen molar-refractivity contribution in [1.29, 1.82) is 0 Å². The van der Waals surface area contributed by atoms with Crippen LogP contribution in [0, 0.1) is 5.92 Å². The molecule has 0 radical (unpaired) electrons. The Morgan fingerprint density at radius 3 is 2.64 bits per heavy atom. The highest BCUT2D eigenvalue weighted by molar-refractivity contribution is 5.83. The standard InChI is InChI=1S/C19H22O6/c1-10(2)9-14(21)24-17-15-12(25-19(3,4)18(17)22)7-5-11-6-8-13(20)23-16(11)15/h5-8,10,17-18,22H,9H2,1-4H3/t17-,18-/m0/s1. The van der Waals surface area contributed by atoms with Crippen LogP contribution in [0.4, 0.5) is 0 Å². The van der Waals surface area contributed by atoms with Gasteiger partial charge in [0.25, 0.3) is 0 Å². The summed E-state index contributed by atoms with van der Waals surface area (Å²) in [6.07, 6.45) is -1.85. The predicted octanol–water partition coefficient (Wildman–Crippen LogP) is 2.96. The Bertz CT molecular complexity index is 864. The van der Waals surface area contributed by atoms with Crippen molar-refractivity contribution in [2.45, 2.75) is 51.9 Å². The monoisotopic (exact) mass is 346 g/mol. The van der Waals surface area contributed by atoms with Gasteiger partial charge in [-0.1, -0.05) is 13.8 Å². The lowest BCUT2D eigenvalue weighted by Gasteiger charge is -2.41. The summed E-state index contributed by atoms with van der Waals surface area (Å²) in [5.41, 5.74) is -0.827. The quantitative estimate of drug-likeness (QED) is 0.679. The third-order valence-corrected chi connectivity index (χ3v) is 4.28. The first-order valence-electron chi connectivity index (χ1n) is 8.32. The second-order valence-corrected chi connectivity index (χ2v) is 7.31. The van der Waals surface area contributed by atoms with Crippen LogP contribution in [-0.2, 0) is 9.53 Å². The van der Waals surface area contributed by atoms with Crippen molar-refractivity contribution < 1.29 is 23.8 Å². The lowest BCUT2D eigenvalue weighted by Crippen LogP contribution is -2.50. The van der Waals surface area contributed by atoms with E-state index in [1.807, 2.05) is 13.8 Å². The minimum atomic E-state index is -1.10. The van der Waals surface area contributed by atoms with Gasteiger partial charge in [0.15, 0.2) is 6.10 Å². The van der Waals surface area contributed by atoms with Crippen LogP contribution in [-0.4, -0.2) is 22.8 Å². The van der Waals surface area contributed by atoms with Gasteiger partial charge < -0.3 is 19.0 Å². The van der Waals surface area contributed by atoms with Gasteiger partial charge in [0, 0.05) is 17.9 Å². The number of rotatable bonds is 3. The third kappa shape index (κ3) is 3.26. The molecule has 1 aliphatic rings. The Morgan fingerprint density at radius 2 is 1.96 bits per heavy atom. The summed E-state index contributed by atoms with van der Waals surface area (Å²) < 4.78 is 16.8. The van der Waals surface area contributed by atoms with E-state index in [2.05, 4.69) is 0 Å². The van der Waals surface area contributed by atoms with E-state index in [0.29, 0.717) is 16.7 Å². The maximum atomic E-state index is 12.2. The zero-order valence-corrected chi connectivity index (χ0v) is 14.7. The lowest BCUT2D eigenvalue weighted by molar-refractivity contribution is -0.170. The first-order valence-corrected chi connectivity index (χ1v) is 8.32. The SMILES string of the molecule is CC(C)CC(=O)O[C@H]1c2c(ccc3ccc(=O)oc23)OC(C)(C)[C@H]1O. The van der Waals surface area contributed by atoms with E-state index in [1.54, 1.807) is 32.0 Å². The summed E-state index contributed by atoms with van der Waals surface area (Å²) in [7, 11) is 0. The number of hydrogen-bond donors (Lipinski definition) is 1. The van der Waals surface area contributed by atoms with E-state index in [4.69, 9.17) is 13.9 Å². The molecule has 0 unspecified atom stereocenters. The van der Waals surface area contributed by atoms with Gasteiger partial charge in [-0.2, -0.15) is 0 Å². The molecule has 1 N–H and O–H groups in total. The van der Waals surface area contributed by atoms with Crippen LogP contribution >= 0.6 is 0 Å². The molecule has 0 spiro atoms. The van der Waals surface area contributed by atoms with Crippen LogP contribution < -0.4 is 10.4 Å². The number of esters is 1. The highest BCUT2D eigenvalue weighted by Gasteiger charge is 2.46. The molecular weight excluding hydrogens is 324 g/mol. The Labute approximate surface area is 145 Å². The third-order valence-electron chi connectivity index (χ3n) is 4.28. The van der Waals surface area contributed by atoms with E-state index < -0.39 is 29.4 Å². The van der Waals surface area contributed by atoms with Crippen molar-refractivity contribution in [2.24, 2.45) is 5.92 Å². The van der Waals surface area contributed by atoms with Gasteiger partial charge in [0.1, 0.15) is 23.0 Å². The molecule has 0 amide bonds. The molecule has 1 aliphatic heterocycles. The average Bonchev–Trinajstić information content (AvgIpc) is 2.50. The van der Waals surface area contributed by atoms with Gasteiger partial charge >= 0.3 is 11.6 Å². The first kappa shape index (κ1) is 17.5. The lowest BCUT2D eigenvalue weighted by atomic mass is 9.87. The highest BCUT2D eigenvalue weighted by Crippen LogP contribution is 2.45. The van der Waals surface area contributed by atoms with E-state index in [9.17, 15) is 14.7 Å². The van der Waals surface area contributed by atoms with Gasteiger partial charge in [-0.3, -0.25) is 4.79 Å². The van der Waals surface area contributed by atoms with Crippen molar-refractivity contribution >= 4 is 16.9 Å². The molecule has 2 aromatic rings. The van der Waals surface area contributed by atoms with Gasteiger partial charge in [-0.05, 0) is 38.0 Å². The molecule has 0 saturated carbocycles. The Balaban J connectivity index is 2.15. The normalized spacial score (nSPS) is 21.7. The number of ether oxygens (including phenoxy) is 2. The topological polar surface area (TPSA) is 86.0 Å². The molecule has 6 nitrogen and oxygen atoms in total. The first-order chi connectivity index (χ1) is 11.7. The molecule has 0 aliphatic carbocycles. The Kier molecular flexibility index (Phi) is 4.33. The number of carbonyl (C=O) groups excluding carboxylic acids is 1. The van der Waals surface area contributed by atoms with Gasteiger partial charge in [-0.25, -0.2) is 4.79 Å². The van der Waals surface area contributed by atoms with Crippen molar-refractivity contribution in [3.63, 3.8) is 0 Å². The van der Waals surface area contributed by atoms with Gasteiger partial charge in [0.05, 0.1) is 5.56 Å². The molecule has 6 heteroatoms. The fourth-order valence-corrected chi connectivity index (χ4v) is 3.01. The predicted molar refractivity (Wildman–Crippen MR) is 91.5 cm³/mol. The van der Waals surface area contributed by atoms with E-state index in [0.717, 1.165) is 0 Å². The van der Waals surface area contributed by atoms with Crippen molar-refractivity contribution in [3.8, 4) is 5.75 Å². The highest BCUT2D eigenvalue weighted by atomic mass is 16.6. The average molecular weight is 346 g/mol. The minimum Gasteiger partial charge on any atom is -0.484 e. The van der Waals surface area contributed by atoms with Gasteiger partial charge in [-0.15, -0.1) is 0 Å². The Morgan fingerprint density at radius 1 is 1.28 bits per heavy atom. The smallest absolute Gasteiger partial charge is 0.336 e. The molecule has 0 fully saturated rings. The minimum absolute atomic E-state index is 0.127. The maximum Gasteiger partial charge on any atom is 0.336 e. The maximum absolute atomic E-state index is 12.2. The molecule has 0 bridgehead atoms. The summed E-state index contributed by atoms with van der Waals surface area (Å²) in [4.78, 5) is 23.9.